The predicted molar refractivity (Wildman–Crippen MR) is 148 cm³/mol. The fourth-order valence-electron chi connectivity index (χ4n) is 5.80. The van der Waals surface area contributed by atoms with E-state index in [1.165, 1.54) is 23.6 Å². The van der Waals surface area contributed by atoms with Crippen molar-refractivity contribution in [1.29, 1.82) is 0 Å². The van der Waals surface area contributed by atoms with E-state index >= 15 is 0 Å². The monoisotopic (exact) mass is 560 g/mol. The quantitative estimate of drug-likeness (QED) is 0.394. The molecular weight excluding hydrogens is 528 g/mol. The van der Waals surface area contributed by atoms with Gasteiger partial charge in [-0.25, -0.2) is 13.4 Å². The summed E-state index contributed by atoms with van der Waals surface area (Å²) in [4.78, 5) is 23.3. The molecule has 0 radical (unpaired) electrons. The van der Waals surface area contributed by atoms with Crippen molar-refractivity contribution in [2.45, 2.75) is 25.3 Å². The fourth-order valence-corrected chi connectivity index (χ4v) is 6.54. The van der Waals surface area contributed by atoms with Crippen LogP contribution in [0.15, 0.2) is 30.5 Å². The Labute approximate surface area is 227 Å². The van der Waals surface area contributed by atoms with E-state index in [0.717, 1.165) is 38.0 Å². The Morgan fingerprint density at radius 1 is 1.21 bits per heavy atom. The summed E-state index contributed by atoms with van der Waals surface area (Å²) in [7, 11) is -1.39. The molecule has 2 aromatic rings. The van der Waals surface area contributed by atoms with E-state index in [-0.39, 0.29) is 35.5 Å². The van der Waals surface area contributed by atoms with Gasteiger partial charge in [-0.1, -0.05) is 23.8 Å². The Morgan fingerprint density at radius 2 is 1.92 bits per heavy atom. The van der Waals surface area contributed by atoms with Gasteiger partial charge in [-0.05, 0) is 54.4 Å². The molecule has 2 bridgehead atoms. The molecule has 204 valence electrons. The molecule has 1 aromatic carbocycles. The second-order valence-corrected chi connectivity index (χ2v) is 13.0. The van der Waals surface area contributed by atoms with Crippen LogP contribution in [0.4, 0.5) is 17.5 Å². The van der Waals surface area contributed by atoms with Gasteiger partial charge in [-0.15, -0.1) is 0 Å². The van der Waals surface area contributed by atoms with Crippen LogP contribution in [0, 0.1) is 17.8 Å². The van der Waals surface area contributed by atoms with Crippen molar-refractivity contribution in [3.8, 4) is 5.75 Å². The Balaban J connectivity index is 1.33. The van der Waals surface area contributed by atoms with Crippen molar-refractivity contribution in [3.63, 3.8) is 0 Å². The van der Waals surface area contributed by atoms with Gasteiger partial charge in [0.2, 0.25) is 11.9 Å². The summed E-state index contributed by atoms with van der Waals surface area (Å²) in [5.41, 5.74) is 8.77. The number of allylic oxidation sites excluding steroid dienone is 1. The third-order valence-electron chi connectivity index (χ3n) is 7.78. The largest absolute Gasteiger partial charge is 0.495 e. The summed E-state index contributed by atoms with van der Waals surface area (Å²) < 4.78 is 28.9. The smallest absolute Gasteiger partial charge is 0.229 e. The molecular formula is C26H33ClN6O4S. The minimum Gasteiger partial charge on any atom is -0.495 e. The number of ether oxygens (including phenoxy) is 1. The number of carbonyl (C=O) groups is 1. The molecule has 12 heteroatoms. The molecule has 2 aliphatic carbocycles. The average molecular weight is 561 g/mol. The summed E-state index contributed by atoms with van der Waals surface area (Å²) in [5, 5.41) is 6.98. The molecule has 0 spiro atoms. The highest BCUT2D eigenvalue weighted by molar-refractivity contribution is 7.90. The molecule has 3 aliphatic rings. The number of primary amides is 1. The maximum absolute atomic E-state index is 12.1. The summed E-state index contributed by atoms with van der Waals surface area (Å²) in [6.07, 6.45) is 9.47. The first-order chi connectivity index (χ1) is 18.1. The molecule has 5 rings (SSSR count). The highest BCUT2D eigenvalue weighted by Gasteiger charge is 2.47. The number of nitrogens with two attached hydrogens (primary N) is 1. The molecule has 0 unspecified atom stereocenters. The highest BCUT2D eigenvalue weighted by Crippen LogP contribution is 2.45. The maximum atomic E-state index is 12.1. The number of hydrogen-bond acceptors (Lipinski definition) is 9. The Kier molecular flexibility index (Phi) is 7.52. The van der Waals surface area contributed by atoms with Crippen LogP contribution in [0.3, 0.4) is 0 Å². The molecule has 38 heavy (non-hydrogen) atoms. The molecule has 1 fully saturated rings. The summed E-state index contributed by atoms with van der Waals surface area (Å²) in [6.45, 7) is 2.09. The number of carbonyl (C=O) groups excluding carboxylic acids is 1. The molecule has 4 atom stereocenters. The zero-order valence-electron chi connectivity index (χ0n) is 21.5. The van der Waals surface area contributed by atoms with Crippen molar-refractivity contribution in [2.24, 2.45) is 23.5 Å². The lowest BCUT2D eigenvalue weighted by atomic mass is 9.88. The summed E-state index contributed by atoms with van der Waals surface area (Å²) in [5.74, 6) is 1.29. The minimum atomic E-state index is -3.01. The van der Waals surface area contributed by atoms with E-state index in [0.29, 0.717) is 29.1 Å². The van der Waals surface area contributed by atoms with E-state index in [2.05, 4.69) is 37.7 Å². The molecule has 1 amide bonds. The predicted octanol–water partition coefficient (Wildman–Crippen LogP) is 2.42. The molecule has 1 aliphatic heterocycles. The first-order valence-electron chi connectivity index (χ1n) is 12.7. The second kappa shape index (κ2) is 10.7. The molecule has 4 N–H and O–H groups in total. The van der Waals surface area contributed by atoms with Crippen LogP contribution in [0.25, 0.3) is 0 Å². The van der Waals surface area contributed by atoms with Gasteiger partial charge in [-0.3, -0.25) is 4.79 Å². The third-order valence-corrected chi connectivity index (χ3v) is 8.98. The number of rotatable bonds is 9. The van der Waals surface area contributed by atoms with Crippen molar-refractivity contribution < 1.29 is 17.9 Å². The van der Waals surface area contributed by atoms with E-state index < -0.39 is 9.84 Å². The normalized spacial score (nSPS) is 24.6. The molecule has 1 saturated carbocycles. The highest BCUT2D eigenvalue weighted by atomic mass is 35.5. The fraction of sp³-hybridized carbons (Fsp3) is 0.500. The van der Waals surface area contributed by atoms with E-state index in [1.54, 1.807) is 7.11 Å². The van der Waals surface area contributed by atoms with Gasteiger partial charge < -0.3 is 26.0 Å². The van der Waals surface area contributed by atoms with E-state index in [9.17, 15) is 13.2 Å². The van der Waals surface area contributed by atoms with Crippen LogP contribution < -0.4 is 21.1 Å². The number of methoxy groups -OCH3 is 1. The third kappa shape index (κ3) is 5.74. The minimum absolute atomic E-state index is 0.138. The van der Waals surface area contributed by atoms with Gasteiger partial charge in [0.1, 0.15) is 20.6 Å². The lowest BCUT2D eigenvalue weighted by Gasteiger charge is -2.27. The molecule has 1 aromatic heterocycles. The lowest BCUT2D eigenvalue weighted by Crippen LogP contribution is -2.41. The van der Waals surface area contributed by atoms with Gasteiger partial charge in [-0.2, -0.15) is 4.98 Å². The van der Waals surface area contributed by atoms with Gasteiger partial charge in [0.25, 0.3) is 0 Å². The van der Waals surface area contributed by atoms with Crippen LogP contribution in [-0.2, 0) is 27.5 Å². The Hall–Kier alpha value is -2.89. The van der Waals surface area contributed by atoms with Crippen LogP contribution in [-0.4, -0.2) is 74.0 Å². The topological polar surface area (TPSA) is 140 Å². The van der Waals surface area contributed by atoms with Gasteiger partial charge in [0.15, 0.2) is 5.82 Å². The van der Waals surface area contributed by atoms with Gasteiger partial charge >= 0.3 is 0 Å². The number of anilines is 3. The molecule has 0 saturated heterocycles. The van der Waals surface area contributed by atoms with Crippen LogP contribution in [0.1, 0.15) is 17.5 Å². The summed E-state index contributed by atoms with van der Waals surface area (Å²) in [6, 6.07) is 3.89. The first kappa shape index (κ1) is 26.7. The number of halogens is 1. The van der Waals surface area contributed by atoms with Crippen molar-refractivity contribution in [3.05, 3.63) is 46.6 Å². The number of nitrogens with one attached hydrogen (secondary N) is 2. The second-order valence-electron chi connectivity index (χ2n) is 10.4. The number of fused-ring (bicyclic) bond motifs is 3. The number of benzene rings is 1. The average Bonchev–Trinajstić information content (AvgIpc) is 3.41. The Morgan fingerprint density at radius 3 is 2.61 bits per heavy atom. The van der Waals surface area contributed by atoms with Crippen LogP contribution >= 0.6 is 11.6 Å². The van der Waals surface area contributed by atoms with Crippen molar-refractivity contribution >= 4 is 44.8 Å². The first-order valence-corrected chi connectivity index (χ1v) is 15.2. The van der Waals surface area contributed by atoms with Crippen molar-refractivity contribution in [2.75, 3.05) is 49.4 Å². The van der Waals surface area contributed by atoms with Gasteiger partial charge in [0, 0.05) is 31.9 Å². The zero-order chi connectivity index (χ0) is 27.0. The lowest BCUT2D eigenvalue weighted by molar-refractivity contribution is -0.122. The summed E-state index contributed by atoms with van der Waals surface area (Å²) >= 11 is 6.43. The SMILES string of the molecule is COc1cc2c(cc1Nc1ncc(Cl)c(N[C@H]3[C@@H](C(N)=O)[C@@H]4C=C[C@H]3C4)n1)CCN(CCS(C)(=O)=O)CC2. The number of nitrogens with zero attached hydrogens (tertiary/aromatic N) is 3. The number of aromatic nitrogens is 2. The van der Waals surface area contributed by atoms with Gasteiger partial charge in [0.05, 0.1) is 30.7 Å². The van der Waals surface area contributed by atoms with Crippen LogP contribution in [0.2, 0.25) is 5.02 Å². The Bertz CT molecular complexity index is 1370. The van der Waals surface area contributed by atoms with Crippen molar-refractivity contribution in [1.82, 2.24) is 14.9 Å². The molecule has 10 nitrogen and oxygen atoms in total. The van der Waals surface area contributed by atoms with E-state index in [4.69, 9.17) is 22.1 Å². The number of hydrogen-bond donors (Lipinski definition) is 3. The maximum Gasteiger partial charge on any atom is 0.229 e. The zero-order valence-corrected chi connectivity index (χ0v) is 23.1. The molecule has 2 heterocycles. The number of amides is 1. The number of sulfone groups is 1. The van der Waals surface area contributed by atoms with E-state index in [1.807, 2.05) is 12.1 Å². The van der Waals surface area contributed by atoms with Crippen LogP contribution in [0.5, 0.6) is 5.75 Å². The standard InChI is InChI=1S/C26H33ClN6O4S/c1-37-21-13-16-6-8-33(9-10-38(2,35)36)7-5-15(16)12-20(21)30-26-29-14-19(27)25(32-26)31-23-18-4-3-17(11-18)22(23)24(28)34/h3-4,12-14,17-18,22-23H,5-11H2,1-2H3,(H2,28,34)(H2,29,30,31,32)/t17-,18+,22+,23-/m1/s1.